The van der Waals surface area contributed by atoms with Crippen LogP contribution in [0.1, 0.15) is 5.56 Å². The molecule has 3 aromatic rings. The van der Waals surface area contributed by atoms with Crippen molar-refractivity contribution in [1.29, 1.82) is 0 Å². The molecule has 3 heterocycles. The van der Waals surface area contributed by atoms with Crippen molar-refractivity contribution in [3.8, 4) is 5.88 Å². The van der Waals surface area contributed by atoms with Gasteiger partial charge in [-0.25, -0.2) is 9.97 Å². The molecule has 0 aliphatic heterocycles. The van der Waals surface area contributed by atoms with Crippen LogP contribution in [-0.2, 0) is 6.54 Å². The van der Waals surface area contributed by atoms with Crippen molar-refractivity contribution in [2.45, 2.75) is 6.54 Å². The molecular formula is C15H19N7O. The molecule has 0 amide bonds. The standard InChI is InChI=1S/C15H19N7O/c1-21(2)7-8-23-14-9-12(3-5-16-14)10-18-13-4-6-17-15-19-11-20-22(13)15/h3-6,9,11,18H,7-8,10H2,1-2H3. The van der Waals surface area contributed by atoms with Crippen LogP contribution in [0.5, 0.6) is 5.88 Å². The Balaban J connectivity index is 1.63. The van der Waals surface area contributed by atoms with Gasteiger partial charge in [0.1, 0.15) is 18.8 Å². The number of anilines is 1. The minimum atomic E-state index is 0.567. The molecule has 0 fully saturated rings. The van der Waals surface area contributed by atoms with Gasteiger partial charge in [-0.3, -0.25) is 0 Å². The van der Waals surface area contributed by atoms with E-state index in [0.717, 1.165) is 17.9 Å². The van der Waals surface area contributed by atoms with Gasteiger partial charge in [0.25, 0.3) is 5.78 Å². The van der Waals surface area contributed by atoms with Gasteiger partial charge in [0.15, 0.2) is 0 Å². The first-order chi connectivity index (χ1) is 11.2. The van der Waals surface area contributed by atoms with Crippen LogP contribution in [0.4, 0.5) is 5.82 Å². The van der Waals surface area contributed by atoms with E-state index >= 15 is 0 Å². The van der Waals surface area contributed by atoms with E-state index < -0.39 is 0 Å². The largest absolute Gasteiger partial charge is 0.476 e. The summed E-state index contributed by atoms with van der Waals surface area (Å²) in [7, 11) is 4.02. The third-order valence-corrected chi connectivity index (χ3v) is 3.24. The average Bonchev–Trinajstić information content (AvgIpc) is 3.02. The number of fused-ring (bicyclic) bond motifs is 1. The molecule has 0 unspecified atom stereocenters. The third kappa shape index (κ3) is 3.92. The summed E-state index contributed by atoms with van der Waals surface area (Å²) in [6.07, 6.45) is 4.94. The number of likely N-dealkylation sites (N-methyl/N-ethyl adjacent to an activating group) is 1. The SMILES string of the molecule is CN(C)CCOc1cc(CNc2ccnc3ncnn23)ccn1. The summed E-state index contributed by atoms with van der Waals surface area (Å²) in [4.78, 5) is 14.5. The van der Waals surface area contributed by atoms with E-state index in [4.69, 9.17) is 4.74 Å². The van der Waals surface area contributed by atoms with Gasteiger partial charge in [-0.05, 0) is 31.8 Å². The fourth-order valence-corrected chi connectivity index (χ4v) is 2.04. The molecule has 8 nitrogen and oxygen atoms in total. The summed E-state index contributed by atoms with van der Waals surface area (Å²) in [6.45, 7) is 2.10. The first-order valence-corrected chi connectivity index (χ1v) is 7.33. The van der Waals surface area contributed by atoms with E-state index in [2.05, 4.69) is 30.3 Å². The number of rotatable bonds is 7. The van der Waals surface area contributed by atoms with Gasteiger partial charge in [-0.2, -0.15) is 14.6 Å². The molecule has 1 N–H and O–H groups in total. The van der Waals surface area contributed by atoms with Gasteiger partial charge >= 0.3 is 0 Å². The summed E-state index contributed by atoms with van der Waals surface area (Å²) in [5.74, 6) is 2.03. The van der Waals surface area contributed by atoms with Crippen LogP contribution in [0, 0.1) is 0 Å². The van der Waals surface area contributed by atoms with Crippen molar-refractivity contribution < 1.29 is 4.74 Å². The smallest absolute Gasteiger partial charge is 0.254 e. The highest BCUT2D eigenvalue weighted by molar-refractivity contribution is 5.42. The Bertz CT molecular complexity index is 771. The van der Waals surface area contributed by atoms with Crippen molar-refractivity contribution in [3.05, 3.63) is 42.5 Å². The van der Waals surface area contributed by atoms with Crippen LogP contribution in [-0.4, -0.2) is 56.7 Å². The molecule has 0 aliphatic carbocycles. The fourth-order valence-electron chi connectivity index (χ4n) is 2.04. The van der Waals surface area contributed by atoms with Crippen LogP contribution < -0.4 is 10.1 Å². The molecule has 0 radical (unpaired) electrons. The van der Waals surface area contributed by atoms with Crippen LogP contribution in [0.2, 0.25) is 0 Å². The molecule has 8 heteroatoms. The highest BCUT2D eigenvalue weighted by atomic mass is 16.5. The van der Waals surface area contributed by atoms with E-state index in [-0.39, 0.29) is 0 Å². The molecule has 23 heavy (non-hydrogen) atoms. The third-order valence-electron chi connectivity index (χ3n) is 3.24. The predicted octanol–water partition coefficient (Wildman–Crippen LogP) is 1.07. The summed E-state index contributed by atoms with van der Waals surface area (Å²) in [5.41, 5.74) is 1.07. The van der Waals surface area contributed by atoms with Gasteiger partial charge < -0.3 is 15.0 Å². The first kappa shape index (κ1) is 15.2. The number of hydrogen-bond acceptors (Lipinski definition) is 7. The second-order valence-electron chi connectivity index (χ2n) is 5.31. The van der Waals surface area contributed by atoms with Gasteiger partial charge in [0.05, 0.1) is 0 Å². The summed E-state index contributed by atoms with van der Waals surface area (Å²) in [6, 6.07) is 5.74. The fraction of sp³-hybridized carbons (Fsp3) is 0.333. The zero-order valence-electron chi connectivity index (χ0n) is 13.2. The van der Waals surface area contributed by atoms with Crippen LogP contribution in [0.15, 0.2) is 36.9 Å². The molecule has 0 aliphatic rings. The molecule has 0 saturated carbocycles. The predicted molar refractivity (Wildman–Crippen MR) is 86.4 cm³/mol. The van der Waals surface area contributed by atoms with E-state index in [1.54, 1.807) is 16.9 Å². The second kappa shape index (κ2) is 7.01. The monoisotopic (exact) mass is 313 g/mol. The topological polar surface area (TPSA) is 80.5 Å². The van der Waals surface area contributed by atoms with E-state index in [1.807, 2.05) is 32.3 Å². The number of hydrogen-bond donors (Lipinski definition) is 1. The molecule has 0 atom stereocenters. The van der Waals surface area contributed by atoms with Gasteiger partial charge in [0, 0.05) is 31.5 Å². The number of nitrogens with zero attached hydrogens (tertiary/aromatic N) is 6. The molecule has 0 bridgehead atoms. The Morgan fingerprint density at radius 2 is 2.04 bits per heavy atom. The lowest BCUT2D eigenvalue weighted by Gasteiger charge is -2.11. The Morgan fingerprint density at radius 3 is 2.91 bits per heavy atom. The minimum Gasteiger partial charge on any atom is -0.476 e. The number of aromatic nitrogens is 5. The van der Waals surface area contributed by atoms with Crippen LogP contribution >= 0.6 is 0 Å². The highest BCUT2D eigenvalue weighted by Gasteiger charge is 2.04. The minimum absolute atomic E-state index is 0.567. The van der Waals surface area contributed by atoms with Crippen molar-refractivity contribution in [2.75, 3.05) is 32.6 Å². The van der Waals surface area contributed by atoms with Crippen molar-refractivity contribution >= 4 is 11.6 Å². The maximum Gasteiger partial charge on any atom is 0.254 e. The molecule has 120 valence electrons. The van der Waals surface area contributed by atoms with Crippen LogP contribution in [0.3, 0.4) is 0 Å². The van der Waals surface area contributed by atoms with Crippen LogP contribution in [0.25, 0.3) is 5.78 Å². The quantitative estimate of drug-likeness (QED) is 0.699. The molecule has 3 rings (SSSR count). The first-order valence-electron chi connectivity index (χ1n) is 7.33. The Morgan fingerprint density at radius 1 is 1.17 bits per heavy atom. The Kier molecular flexibility index (Phi) is 4.62. The molecule has 0 aromatic carbocycles. The van der Waals surface area contributed by atoms with Gasteiger partial charge in [-0.15, -0.1) is 0 Å². The number of ether oxygens (including phenoxy) is 1. The summed E-state index contributed by atoms with van der Waals surface area (Å²) in [5, 5.41) is 7.46. The molecule has 3 aromatic heterocycles. The van der Waals surface area contributed by atoms with E-state index in [0.29, 0.717) is 24.8 Å². The second-order valence-corrected chi connectivity index (χ2v) is 5.31. The van der Waals surface area contributed by atoms with E-state index in [9.17, 15) is 0 Å². The normalized spacial score (nSPS) is 11.1. The van der Waals surface area contributed by atoms with Crippen molar-refractivity contribution in [1.82, 2.24) is 29.5 Å². The number of nitrogens with one attached hydrogen (secondary N) is 1. The molecular weight excluding hydrogens is 294 g/mol. The summed E-state index contributed by atoms with van der Waals surface area (Å²) < 4.78 is 7.31. The lowest BCUT2D eigenvalue weighted by molar-refractivity contribution is 0.253. The maximum atomic E-state index is 5.65. The average molecular weight is 313 g/mol. The lowest BCUT2D eigenvalue weighted by Crippen LogP contribution is -2.19. The maximum absolute atomic E-state index is 5.65. The van der Waals surface area contributed by atoms with Gasteiger partial charge in [0.2, 0.25) is 5.88 Å². The zero-order chi connectivity index (χ0) is 16.1. The summed E-state index contributed by atoms with van der Waals surface area (Å²) >= 11 is 0. The zero-order valence-corrected chi connectivity index (χ0v) is 13.2. The highest BCUT2D eigenvalue weighted by Crippen LogP contribution is 2.12. The van der Waals surface area contributed by atoms with Crippen molar-refractivity contribution in [3.63, 3.8) is 0 Å². The lowest BCUT2D eigenvalue weighted by atomic mass is 10.2. The molecule has 0 saturated heterocycles. The van der Waals surface area contributed by atoms with E-state index in [1.165, 1.54) is 6.33 Å². The van der Waals surface area contributed by atoms with Crippen molar-refractivity contribution in [2.24, 2.45) is 0 Å². The molecule has 0 spiro atoms. The Labute approximate surface area is 134 Å². The number of pyridine rings is 1. The Hall–Kier alpha value is -2.74. The van der Waals surface area contributed by atoms with Gasteiger partial charge in [-0.1, -0.05) is 0 Å².